The lowest BCUT2D eigenvalue weighted by molar-refractivity contribution is -0.0448. The molecule has 1 unspecified atom stereocenters. The van der Waals surface area contributed by atoms with E-state index in [1.54, 1.807) is 0 Å². The van der Waals surface area contributed by atoms with Crippen LogP contribution in [0.2, 0.25) is 0 Å². The van der Waals surface area contributed by atoms with Crippen LogP contribution in [0.15, 0.2) is 12.0 Å². The van der Waals surface area contributed by atoms with Crippen LogP contribution in [0.5, 0.6) is 0 Å². The van der Waals surface area contributed by atoms with Crippen molar-refractivity contribution in [1.29, 1.82) is 0 Å². The van der Waals surface area contributed by atoms with E-state index < -0.39 is 0 Å². The van der Waals surface area contributed by atoms with E-state index in [2.05, 4.69) is 13.8 Å². The van der Waals surface area contributed by atoms with E-state index >= 15 is 0 Å². The van der Waals surface area contributed by atoms with Crippen molar-refractivity contribution in [2.24, 2.45) is 5.92 Å². The van der Waals surface area contributed by atoms with Crippen molar-refractivity contribution >= 4 is 0 Å². The minimum Gasteiger partial charge on any atom is -0.459 e. The first kappa shape index (κ1) is 9.39. The Labute approximate surface area is 73.0 Å². The highest BCUT2D eigenvalue weighted by atomic mass is 16.7. The molecule has 1 atom stereocenters. The van der Waals surface area contributed by atoms with E-state index in [1.165, 1.54) is 6.26 Å². The summed E-state index contributed by atoms with van der Waals surface area (Å²) in [5, 5.41) is 8.69. The molecule has 0 amide bonds. The zero-order chi connectivity index (χ0) is 8.97. The molecule has 1 aliphatic rings. The lowest BCUT2D eigenvalue weighted by Gasteiger charge is -2.12. The van der Waals surface area contributed by atoms with Gasteiger partial charge in [0.15, 0.2) is 5.76 Å². The third-order valence-electron chi connectivity index (χ3n) is 1.77. The molecule has 0 aliphatic carbocycles. The molecule has 0 spiro atoms. The fraction of sp³-hybridized carbons (Fsp3) is 0.778. The van der Waals surface area contributed by atoms with Crippen LogP contribution in [0, 0.1) is 5.92 Å². The van der Waals surface area contributed by atoms with Gasteiger partial charge in [0.2, 0.25) is 6.29 Å². The Morgan fingerprint density at radius 3 is 2.83 bits per heavy atom. The average molecular weight is 172 g/mol. The van der Waals surface area contributed by atoms with Crippen molar-refractivity contribution in [3.05, 3.63) is 12.0 Å². The van der Waals surface area contributed by atoms with Gasteiger partial charge in [-0.15, -0.1) is 0 Å². The number of hydrogen-bond acceptors (Lipinski definition) is 3. The summed E-state index contributed by atoms with van der Waals surface area (Å²) in [6.45, 7) is 4.25. The summed E-state index contributed by atoms with van der Waals surface area (Å²) in [5.74, 6) is 1.19. The first-order valence-corrected chi connectivity index (χ1v) is 4.34. The fourth-order valence-electron chi connectivity index (χ4n) is 1.05. The van der Waals surface area contributed by atoms with Crippen LogP contribution >= 0.6 is 0 Å². The molecule has 0 saturated heterocycles. The molecule has 0 saturated carbocycles. The Morgan fingerprint density at radius 1 is 1.58 bits per heavy atom. The SMILES string of the molecule is CC(C)CCC1OC=C(CO)O1. The number of ether oxygens (including phenoxy) is 2. The van der Waals surface area contributed by atoms with Crippen LogP contribution in [0.25, 0.3) is 0 Å². The molecule has 1 aliphatic heterocycles. The van der Waals surface area contributed by atoms with Gasteiger partial charge < -0.3 is 14.6 Å². The molecule has 0 radical (unpaired) electrons. The molecule has 0 aromatic heterocycles. The largest absolute Gasteiger partial charge is 0.459 e. The molecule has 1 N–H and O–H groups in total. The Balaban J connectivity index is 2.14. The van der Waals surface area contributed by atoms with Gasteiger partial charge in [0.05, 0.1) is 0 Å². The zero-order valence-corrected chi connectivity index (χ0v) is 7.62. The number of hydrogen-bond donors (Lipinski definition) is 1. The minimum atomic E-state index is -0.172. The Bertz CT molecular complexity index is 163. The summed E-state index contributed by atoms with van der Waals surface area (Å²) in [6, 6.07) is 0. The molecule has 0 bridgehead atoms. The number of aliphatic hydroxyl groups excluding tert-OH is 1. The first-order chi connectivity index (χ1) is 5.72. The summed E-state index contributed by atoms with van der Waals surface area (Å²) in [4.78, 5) is 0. The molecule has 70 valence electrons. The van der Waals surface area contributed by atoms with Crippen molar-refractivity contribution < 1.29 is 14.6 Å². The van der Waals surface area contributed by atoms with E-state index in [0.29, 0.717) is 11.7 Å². The van der Waals surface area contributed by atoms with Crippen molar-refractivity contribution in [2.45, 2.75) is 33.0 Å². The summed E-state index contributed by atoms with van der Waals surface area (Å²) < 4.78 is 10.4. The third-order valence-corrected chi connectivity index (χ3v) is 1.77. The van der Waals surface area contributed by atoms with E-state index in [-0.39, 0.29) is 12.9 Å². The Kier molecular flexibility index (Phi) is 3.41. The maximum absolute atomic E-state index is 8.69. The molecule has 1 rings (SSSR count). The van der Waals surface area contributed by atoms with Gasteiger partial charge in [-0.1, -0.05) is 13.8 Å². The molecular formula is C9H16O3. The summed E-state index contributed by atoms with van der Waals surface area (Å²) in [6.07, 6.45) is 3.29. The van der Waals surface area contributed by atoms with Crippen LogP contribution in [-0.4, -0.2) is 18.0 Å². The predicted molar refractivity (Wildman–Crippen MR) is 45.2 cm³/mol. The van der Waals surface area contributed by atoms with Crippen molar-refractivity contribution in [3.63, 3.8) is 0 Å². The normalized spacial score (nSPS) is 22.0. The summed E-state index contributed by atoms with van der Waals surface area (Å²) in [7, 11) is 0. The quantitative estimate of drug-likeness (QED) is 0.700. The van der Waals surface area contributed by atoms with E-state index in [1.807, 2.05) is 0 Å². The molecular weight excluding hydrogens is 156 g/mol. The third kappa shape index (κ3) is 2.74. The van der Waals surface area contributed by atoms with Crippen LogP contribution in [0.1, 0.15) is 26.7 Å². The number of aliphatic hydroxyl groups is 1. The standard InChI is InChI=1S/C9H16O3/c1-7(2)3-4-9-11-6-8(5-10)12-9/h6-7,9-10H,3-5H2,1-2H3. The first-order valence-electron chi connectivity index (χ1n) is 4.34. The van der Waals surface area contributed by atoms with Crippen molar-refractivity contribution in [3.8, 4) is 0 Å². The monoisotopic (exact) mass is 172 g/mol. The molecule has 3 heteroatoms. The van der Waals surface area contributed by atoms with Crippen molar-refractivity contribution in [1.82, 2.24) is 0 Å². The van der Waals surface area contributed by atoms with Gasteiger partial charge in [-0.05, 0) is 12.3 Å². The lowest BCUT2D eigenvalue weighted by atomic mass is 10.1. The van der Waals surface area contributed by atoms with Gasteiger partial charge in [-0.25, -0.2) is 0 Å². The zero-order valence-electron chi connectivity index (χ0n) is 7.62. The highest BCUT2D eigenvalue weighted by molar-refractivity contribution is 4.91. The predicted octanol–water partition coefficient (Wildman–Crippen LogP) is 1.63. The van der Waals surface area contributed by atoms with E-state index in [0.717, 1.165) is 12.8 Å². The van der Waals surface area contributed by atoms with Gasteiger partial charge in [0.25, 0.3) is 0 Å². The van der Waals surface area contributed by atoms with Crippen LogP contribution in [0.3, 0.4) is 0 Å². The molecule has 0 aromatic rings. The molecule has 1 heterocycles. The topological polar surface area (TPSA) is 38.7 Å². The molecule has 0 fully saturated rings. The van der Waals surface area contributed by atoms with Crippen LogP contribution < -0.4 is 0 Å². The second kappa shape index (κ2) is 4.36. The maximum Gasteiger partial charge on any atom is 0.240 e. The van der Waals surface area contributed by atoms with Gasteiger partial charge >= 0.3 is 0 Å². The number of rotatable bonds is 4. The maximum atomic E-state index is 8.69. The highest BCUT2D eigenvalue weighted by Crippen LogP contribution is 2.19. The minimum absolute atomic E-state index is 0.0713. The second-order valence-electron chi connectivity index (χ2n) is 3.40. The summed E-state index contributed by atoms with van der Waals surface area (Å²) in [5.41, 5.74) is 0. The van der Waals surface area contributed by atoms with Crippen molar-refractivity contribution in [2.75, 3.05) is 6.61 Å². The lowest BCUT2D eigenvalue weighted by Crippen LogP contribution is -2.10. The average Bonchev–Trinajstić information content (AvgIpc) is 2.48. The van der Waals surface area contributed by atoms with Crippen LogP contribution in [-0.2, 0) is 9.47 Å². The van der Waals surface area contributed by atoms with E-state index in [4.69, 9.17) is 14.6 Å². The van der Waals surface area contributed by atoms with Crippen LogP contribution in [0.4, 0.5) is 0 Å². The van der Waals surface area contributed by atoms with Gasteiger partial charge in [-0.3, -0.25) is 0 Å². The van der Waals surface area contributed by atoms with Gasteiger partial charge in [0, 0.05) is 6.42 Å². The fourth-order valence-corrected chi connectivity index (χ4v) is 1.05. The highest BCUT2D eigenvalue weighted by Gasteiger charge is 2.18. The summed E-state index contributed by atoms with van der Waals surface area (Å²) >= 11 is 0. The molecule has 0 aromatic carbocycles. The Hall–Kier alpha value is -0.700. The smallest absolute Gasteiger partial charge is 0.240 e. The van der Waals surface area contributed by atoms with Gasteiger partial charge in [0.1, 0.15) is 12.9 Å². The molecule has 12 heavy (non-hydrogen) atoms. The van der Waals surface area contributed by atoms with E-state index in [9.17, 15) is 0 Å². The second-order valence-corrected chi connectivity index (χ2v) is 3.40. The Morgan fingerprint density at radius 2 is 2.33 bits per heavy atom. The van der Waals surface area contributed by atoms with Gasteiger partial charge in [-0.2, -0.15) is 0 Å². The molecule has 3 nitrogen and oxygen atoms in total.